The van der Waals surface area contributed by atoms with E-state index in [9.17, 15) is 9.18 Å². The minimum Gasteiger partial charge on any atom is -0.380 e. The molecular formula is C18H21Cl2FN2O2. The number of rotatable bonds is 7. The Hall–Kier alpha value is -1.66. The molecule has 2 aromatic rings. The number of methoxy groups -OCH3 is 1. The highest BCUT2D eigenvalue weighted by atomic mass is 35.5. The van der Waals surface area contributed by atoms with Crippen molar-refractivity contribution in [1.82, 2.24) is 5.32 Å². The molecule has 0 aromatic heterocycles. The monoisotopic (exact) mass is 386 g/mol. The van der Waals surface area contributed by atoms with Gasteiger partial charge in [0.1, 0.15) is 5.82 Å². The van der Waals surface area contributed by atoms with E-state index >= 15 is 0 Å². The maximum Gasteiger partial charge on any atom is 0.223 e. The van der Waals surface area contributed by atoms with Crippen molar-refractivity contribution < 1.29 is 13.9 Å². The minimum atomic E-state index is -0.512. The van der Waals surface area contributed by atoms with E-state index in [1.165, 1.54) is 19.2 Å². The van der Waals surface area contributed by atoms with Gasteiger partial charge in [-0.2, -0.15) is 0 Å². The number of carbonyl (C=O) groups is 1. The molecule has 0 saturated carbocycles. The zero-order chi connectivity index (χ0) is 17.5. The molecule has 25 heavy (non-hydrogen) atoms. The van der Waals surface area contributed by atoms with Crippen LogP contribution in [0.1, 0.15) is 23.6 Å². The molecule has 2 aromatic carbocycles. The van der Waals surface area contributed by atoms with Crippen molar-refractivity contribution in [2.45, 2.75) is 18.6 Å². The first-order valence-electron chi connectivity index (χ1n) is 7.56. The summed E-state index contributed by atoms with van der Waals surface area (Å²) in [4.78, 5) is 12.3. The van der Waals surface area contributed by atoms with Crippen LogP contribution in [0.3, 0.4) is 0 Å². The fourth-order valence-electron chi connectivity index (χ4n) is 2.42. The second kappa shape index (κ2) is 10.4. The quantitative estimate of drug-likeness (QED) is 0.765. The number of halogens is 3. The second-order valence-electron chi connectivity index (χ2n) is 5.41. The molecule has 0 saturated heterocycles. The van der Waals surface area contributed by atoms with Gasteiger partial charge in [-0.15, -0.1) is 12.4 Å². The van der Waals surface area contributed by atoms with Crippen LogP contribution in [0.15, 0.2) is 48.5 Å². The second-order valence-corrected chi connectivity index (χ2v) is 5.84. The normalized spacial score (nSPS) is 12.8. The van der Waals surface area contributed by atoms with Crippen molar-refractivity contribution in [3.05, 3.63) is 70.5 Å². The Morgan fingerprint density at radius 2 is 1.88 bits per heavy atom. The summed E-state index contributed by atoms with van der Waals surface area (Å²) >= 11 is 6.05. The summed E-state index contributed by atoms with van der Waals surface area (Å²) in [6, 6.07) is 12.7. The third-order valence-electron chi connectivity index (χ3n) is 3.68. The number of ether oxygens (including phenoxy) is 1. The van der Waals surface area contributed by atoms with Crippen LogP contribution in [0.4, 0.5) is 4.39 Å². The van der Waals surface area contributed by atoms with Crippen LogP contribution in [0.2, 0.25) is 5.02 Å². The van der Waals surface area contributed by atoms with E-state index < -0.39 is 6.04 Å². The predicted molar refractivity (Wildman–Crippen MR) is 99.6 cm³/mol. The van der Waals surface area contributed by atoms with Gasteiger partial charge >= 0.3 is 0 Å². The largest absolute Gasteiger partial charge is 0.380 e. The average Bonchev–Trinajstić information content (AvgIpc) is 2.57. The van der Waals surface area contributed by atoms with Gasteiger partial charge in [0.15, 0.2) is 0 Å². The van der Waals surface area contributed by atoms with Gasteiger partial charge in [0, 0.05) is 18.7 Å². The molecule has 2 rings (SSSR count). The van der Waals surface area contributed by atoms with Crippen molar-refractivity contribution in [1.29, 1.82) is 0 Å². The topological polar surface area (TPSA) is 64.3 Å². The fourth-order valence-corrected chi connectivity index (χ4v) is 2.62. The Labute approximate surface area is 157 Å². The van der Waals surface area contributed by atoms with Crippen LogP contribution in [0, 0.1) is 5.82 Å². The lowest BCUT2D eigenvalue weighted by atomic mass is 9.98. The number of benzene rings is 2. The summed E-state index contributed by atoms with van der Waals surface area (Å²) in [5, 5.41) is 3.44. The average molecular weight is 387 g/mol. The molecule has 1 amide bonds. The van der Waals surface area contributed by atoms with Gasteiger partial charge in [0.25, 0.3) is 0 Å². The lowest BCUT2D eigenvalue weighted by Crippen LogP contribution is -2.34. The van der Waals surface area contributed by atoms with E-state index in [4.69, 9.17) is 22.1 Å². The van der Waals surface area contributed by atoms with Gasteiger partial charge in [0.2, 0.25) is 5.91 Å². The van der Waals surface area contributed by atoms with E-state index in [0.717, 1.165) is 5.56 Å². The molecule has 2 atom stereocenters. The van der Waals surface area contributed by atoms with E-state index in [2.05, 4.69) is 5.32 Å². The number of nitrogens with two attached hydrogens (primary N) is 1. The molecule has 0 aliphatic rings. The van der Waals surface area contributed by atoms with Crippen molar-refractivity contribution in [2.24, 2.45) is 5.73 Å². The molecule has 4 nitrogen and oxygen atoms in total. The smallest absolute Gasteiger partial charge is 0.223 e. The van der Waals surface area contributed by atoms with Gasteiger partial charge in [-0.1, -0.05) is 35.9 Å². The van der Waals surface area contributed by atoms with Crippen LogP contribution in [-0.4, -0.2) is 25.7 Å². The molecule has 0 aliphatic carbocycles. The zero-order valence-corrected chi connectivity index (χ0v) is 15.3. The standard InChI is InChI=1S/C18H20ClFN2O2.ClH/c1-24-16(11-21)10-17(23)22-18(12-4-2-6-14(19)8-12)13-5-3-7-15(20)9-13;/h2-9,16,18H,10-11,21H2,1H3,(H,22,23);1H. The highest BCUT2D eigenvalue weighted by Crippen LogP contribution is 2.25. The molecular weight excluding hydrogens is 366 g/mol. The number of carbonyl (C=O) groups excluding carboxylic acids is 1. The fraction of sp³-hybridized carbons (Fsp3) is 0.278. The lowest BCUT2D eigenvalue weighted by molar-refractivity contribution is -0.123. The zero-order valence-electron chi connectivity index (χ0n) is 13.7. The highest BCUT2D eigenvalue weighted by molar-refractivity contribution is 6.30. The SMILES string of the molecule is COC(CN)CC(=O)NC(c1cccc(F)c1)c1cccc(Cl)c1.Cl. The Balaban J connectivity index is 0.00000312. The van der Waals surface area contributed by atoms with Gasteiger partial charge in [-0.3, -0.25) is 4.79 Å². The number of nitrogens with one attached hydrogen (secondary N) is 1. The van der Waals surface area contributed by atoms with Crippen LogP contribution in [-0.2, 0) is 9.53 Å². The number of hydrogen-bond donors (Lipinski definition) is 2. The maximum atomic E-state index is 13.6. The van der Waals surface area contributed by atoms with Crippen molar-refractivity contribution in [3.63, 3.8) is 0 Å². The van der Waals surface area contributed by atoms with Crippen LogP contribution < -0.4 is 11.1 Å². The van der Waals surface area contributed by atoms with Crippen molar-refractivity contribution >= 4 is 29.9 Å². The Kier molecular flexibility index (Phi) is 8.86. The molecule has 136 valence electrons. The summed E-state index contributed by atoms with van der Waals surface area (Å²) in [5.74, 6) is -0.605. The first-order valence-corrected chi connectivity index (χ1v) is 7.94. The summed E-state index contributed by atoms with van der Waals surface area (Å²) in [5.41, 5.74) is 6.95. The van der Waals surface area contributed by atoms with Gasteiger partial charge in [-0.25, -0.2) is 4.39 Å². The molecule has 0 spiro atoms. The lowest BCUT2D eigenvalue weighted by Gasteiger charge is -2.21. The summed E-state index contributed by atoms with van der Waals surface area (Å²) in [6.45, 7) is 0.242. The van der Waals surface area contributed by atoms with E-state index in [1.807, 2.05) is 6.07 Å². The maximum absolute atomic E-state index is 13.6. The van der Waals surface area contributed by atoms with Crippen LogP contribution in [0.5, 0.6) is 0 Å². The summed E-state index contributed by atoms with van der Waals surface area (Å²) in [7, 11) is 1.51. The molecule has 2 unspecified atom stereocenters. The summed E-state index contributed by atoms with van der Waals surface area (Å²) in [6.07, 6.45) is -0.239. The van der Waals surface area contributed by atoms with Gasteiger partial charge in [0.05, 0.1) is 18.6 Å². The van der Waals surface area contributed by atoms with E-state index in [0.29, 0.717) is 10.6 Å². The summed E-state index contributed by atoms with van der Waals surface area (Å²) < 4.78 is 18.7. The van der Waals surface area contributed by atoms with E-state index in [1.54, 1.807) is 30.3 Å². The van der Waals surface area contributed by atoms with Gasteiger partial charge < -0.3 is 15.8 Å². The number of amides is 1. The molecule has 0 aliphatic heterocycles. The Morgan fingerprint density at radius 1 is 1.24 bits per heavy atom. The molecule has 3 N–H and O–H groups in total. The first-order chi connectivity index (χ1) is 11.5. The Bertz CT molecular complexity index is 651. The third kappa shape index (κ3) is 6.29. The molecule has 0 heterocycles. The first kappa shape index (κ1) is 21.4. The van der Waals surface area contributed by atoms with Crippen molar-refractivity contribution in [2.75, 3.05) is 13.7 Å². The Morgan fingerprint density at radius 3 is 2.44 bits per heavy atom. The molecule has 0 radical (unpaired) electrons. The molecule has 0 bridgehead atoms. The van der Waals surface area contributed by atoms with Gasteiger partial charge in [-0.05, 0) is 35.4 Å². The molecule has 7 heteroatoms. The van der Waals surface area contributed by atoms with Crippen LogP contribution in [0.25, 0.3) is 0 Å². The third-order valence-corrected chi connectivity index (χ3v) is 3.91. The minimum absolute atomic E-state index is 0. The predicted octanol–water partition coefficient (Wildman–Crippen LogP) is 3.47. The van der Waals surface area contributed by atoms with Crippen molar-refractivity contribution in [3.8, 4) is 0 Å². The molecule has 0 fully saturated rings. The van der Waals surface area contributed by atoms with E-state index in [-0.39, 0.29) is 43.2 Å². The van der Waals surface area contributed by atoms with Crippen LogP contribution >= 0.6 is 24.0 Å². The highest BCUT2D eigenvalue weighted by Gasteiger charge is 2.20. The number of hydrogen-bond acceptors (Lipinski definition) is 3.